The molecule has 0 amide bonds. The summed E-state index contributed by atoms with van der Waals surface area (Å²) >= 11 is 0. The van der Waals surface area contributed by atoms with Gasteiger partial charge in [-0.1, -0.05) is 44.6 Å². The van der Waals surface area contributed by atoms with Crippen LogP contribution in [0.3, 0.4) is 0 Å². The number of aromatic nitrogens is 1. The van der Waals surface area contributed by atoms with E-state index in [0.29, 0.717) is 10.8 Å². The molecule has 1 nitrogen and oxygen atoms in total. The van der Waals surface area contributed by atoms with Crippen molar-refractivity contribution in [1.82, 2.24) is 4.98 Å². The van der Waals surface area contributed by atoms with Crippen LogP contribution < -0.4 is 0 Å². The Morgan fingerprint density at radius 3 is 2.65 bits per heavy atom. The Hall–Kier alpha value is -1.37. The van der Waals surface area contributed by atoms with Gasteiger partial charge in [0, 0.05) is 12.4 Å². The van der Waals surface area contributed by atoms with Gasteiger partial charge in [0.2, 0.25) is 0 Å². The molecule has 0 radical (unpaired) electrons. The van der Waals surface area contributed by atoms with E-state index in [-0.39, 0.29) is 0 Å². The van der Waals surface area contributed by atoms with Gasteiger partial charge in [0.25, 0.3) is 0 Å². The molecule has 1 aromatic heterocycles. The first kappa shape index (κ1) is 16.8. The minimum Gasteiger partial charge on any atom is -0.264 e. The molecule has 0 N–H and O–H groups in total. The molecule has 0 bridgehead atoms. The minimum absolute atomic E-state index is 0.355. The van der Waals surface area contributed by atoms with Crippen LogP contribution in [0.2, 0.25) is 0 Å². The van der Waals surface area contributed by atoms with E-state index >= 15 is 0 Å². The summed E-state index contributed by atoms with van der Waals surface area (Å²) in [5, 5.41) is 0. The molecule has 2 saturated carbocycles. The number of hydrogen-bond donors (Lipinski definition) is 0. The van der Waals surface area contributed by atoms with Gasteiger partial charge in [-0.15, -0.1) is 0 Å². The number of hydrogen-bond acceptors (Lipinski definition) is 1. The topological polar surface area (TPSA) is 12.9 Å². The maximum absolute atomic E-state index is 4.40. The second kappa shape index (κ2) is 5.81. The summed E-state index contributed by atoms with van der Waals surface area (Å²) in [4.78, 5) is 4.40. The monoisotopic (exact) mass is 347 g/mol. The SMILES string of the molecule is C[C@H]1CC[C@@]2(C)C(=CC[C@@H]3[C@@H]2CC[C@]2(C)C(c4cccnc4)=CC[C@@H]32)C1. The Morgan fingerprint density at radius 2 is 1.85 bits per heavy atom. The molecule has 0 spiro atoms. The van der Waals surface area contributed by atoms with Crippen LogP contribution in [0.4, 0.5) is 0 Å². The smallest absolute Gasteiger partial charge is 0.0343 e. The zero-order valence-electron chi connectivity index (χ0n) is 16.7. The van der Waals surface area contributed by atoms with Gasteiger partial charge in [-0.25, -0.2) is 0 Å². The number of rotatable bonds is 1. The van der Waals surface area contributed by atoms with Gasteiger partial charge in [-0.3, -0.25) is 4.98 Å². The summed E-state index contributed by atoms with van der Waals surface area (Å²) < 4.78 is 0. The Kier molecular flexibility index (Phi) is 3.75. The van der Waals surface area contributed by atoms with Crippen LogP contribution in [0.5, 0.6) is 0 Å². The van der Waals surface area contributed by atoms with Gasteiger partial charge in [-0.05, 0) is 96.7 Å². The molecule has 1 heteroatoms. The van der Waals surface area contributed by atoms with Crippen molar-refractivity contribution in [3.63, 3.8) is 0 Å². The third-order valence-electron chi connectivity index (χ3n) is 8.90. The Balaban J connectivity index is 1.48. The highest BCUT2D eigenvalue weighted by molar-refractivity contribution is 5.72. The predicted octanol–water partition coefficient (Wildman–Crippen LogP) is 6.67. The molecule has 4 aliphatic carbocycles. The van der Waals surface area contributed by atoms with Crippen molar-refractivity contribution in [3.8, 4) is 0 Å². The van der Waals surface area contributed by atoms with Crippen molar-refractivity contribution < 1.29 is 0 Å². The molecule has 5 rings (SSSR count). The summed E-state index contributed by atoms with van der Waals surface area (Å²) in [5.41, 5.74) is 5.62. The molecule has 0 aliphatic heterocycles. The molecule has 26 heavy (non-hydrogen) atoms. The summed E-state index contributed by atoms with van der Waals surface area (Å²) in [5.74, 6) is 3.51. The Labute approximate surface area is 159 Å². The minimum atomic E-state index is 0.355. The molecule has 2 fully saturated rings. The third-order valence-corrected chi connectivity index (χ3v) is 8.90. The van der Waals surface area contributed by atoms with Gasteiger partial charge in [0.15, 0.2) is 0 Å². The van der Waals surface area contributed by atoms with Crippen LogP contribution in [0, 0.1) is 34.5 Å². The van der Waals surface area contributed by atoms with Crippen LogP contribution in [0.1, 0.15) is 71.3 Å². The predicted molar refractivity (Wildman–Crippen MR) is 108 cm³/mol. The zero-order valence-corrected chi connectivity index (χ0v) is 16.7. The molecule has 6 atom stereocenters. The lowest BCUT2D eigenvalue weighted by molar-refractivity contribution is -0.0137. The maximum atomic E-state index is 4.40. The molecule has 1 aromatic rings. The van der Waals surface area contributed by atoms with Crippen LogP contribution in [0.25, 0.3) is 5.57 Å². The lowest BCUT2D eigenvalue weighted by Crippen LogP contribution is -2.49. The van der Waals surface area contributed by atoms with Crippen LogP contribution in [-0.4, -0.2) is 4.98 Å². The summed E-state index contributed by atoms with van der Waals surface area (Å²) in [7, 11) is 0. The molecule has 0 unspecified atom stereocenters. The first-order valence-corrected chi connectivity index (χ1v) is 10.8. The fourth-order valence-corrected chi connectivity index (χ4v) is 7.38. The second-order valence-corrected chi connectivity index (χ2v) is 10.2. The molecule has 138 valence electrons. The van der Waals surface area contributed by atoms with E-state index in [9.17, 15) is 0 Å². The highest BCUT2D eigenvalue weighted by atomic mass is 14.6. The normalized spacial score (nSPS) is 44.4. The van der Waals surface area contributed by atoms with Crippen LogP contribution in [0.15, 0.2) is 42.3 Å². The lowest BCUT2D eigenvalue weighted by Gasteiger charge is -2.58. The van der Waals surface area contributed by atoms with Gasteiger partial charge in [-0.2, -0.15) is 0 Å². The van der Waals surface area contributed by atoms with E-state index in [0.717, 1.165) is 23.7 Å². The first-order chi connectivity index (χ1) is 12.5. The molecule has 0 aromatic carbocycles. The standard InChI is InChI=1S/C25H33N/c1-17-10-12-24(2)19(15-17)6-7-20-22-9-8-21(18-5-4-14-26-16-18)25(22,3)13-11-23(20)24/h4-6,8,14,16-17,20,22-23H,7,9-13,15H2,1-3H3/t17-,20-,22-,23-,24-,25+/m0/s1. The Bertz CT molecular complexity index is 760. The van der Waals surface area contributed by atoms with Crippen molar-refractivity contribution in [2.45, 2.75) is 65.7 Å². The van der Waals surface area contributed by atoms with E-state index in [1.54, 1.807) is 5.57 Å². The van der Waals surface area contributed by atoms with Gasteiger partial charge in [0.1, 0.15) is 0 Å². The molecular weight excluding hydrogens is 314 g/mol. The zero-order chi connectivity index (χ0) is 17.9. The van der Waals surface area contributed by atoms with Crippen molar-refractivity contribution in [2.75, 3.05) is 0 Å². The summed E-state index contributed by atoms with van der Waals surface area (Å²) in [6.45, 7) is 7.63. The number of nitrogens with zero attached hydrogens (tertiary/aromatic N) is 1. The lowest BCUT2D eigenvalue weighted by atomic mass is 9.47. The van der Waals surface area contributed by atoms with Gasteiger partial charge in [0.05, 0.1) is 0 Å². The largest absolute Gasteiger partial charge is 0.264 e. The fourth-order valence-electron chi connectivity index (χ4n) is 7.38. The van der Waals surface area contributed by atoms with E-state index in [1.165, 1.54) is 50.5 Å². The van der Waals surface area contributed by atoms with Crippen molar-refractivity contribution in [2.24, 2.45) is 34.5 Å². The van der Waals surface area contributed by atoms with Crippen molar-refractivity contribution >= 4 is 5.57 Å². The quantitative estimate of drug-likeness (QED) is 0.517. The van der Waals surface area contributed by atoms with E-state index in [4.69, 9.17) is 0 Å². The second-order valence-electron chi connectivity index (χ2n) is 10.2. The molecule has 4 aliphatic rings. The highest BCUT2D eigenvalue weighted by Gasteiger charge is 2.56. The number of fused-ring (bicyclic) bond motifs is 5. The van der Waals surface area contributed by atoms with E-state index in [2.05, 4.69) is 56.2 Å². The fraction of sp³-hybridized carbons (Fsp3) is 0.640. The van der Waals surface area contributed by atoms with E-state index in [1.807, 2.05) is 11.8 Å². The third kappa shape index (κ3) is 2.25. The summed E-state index contributed by atoms with van der Waals surface area (Å²) in [6, 6.07) is 4.36. The van der Waals surface area contributed by atoms with Crippen molar-refractivity contribution in [3.05, 3.63) is 47.8 Å². The molecule has 1 heterocycles. The molecule has 0 saturated heterocycles. The van der Waals surface area contributed by atoms with E-state index < -0.39 is 0 Å². The average molecular weight is 348 g/mol. The highest BCUT2D eigenvalue weighted by Crippen LogP contribution is 2.66. The van der Waals surface area contributed by atoms with Crippen LogP contribution >= 0.6 is 0 Å². The Morgan fingerprint density at radius 1 is 1.00 bits per heavy atom. The average Bonchev–Trinajstić information content (AvgIpc) is 3.00. The van der Waals surface area contributed by atoms with Gasteiger partial charge < -0.3 is 0 Å². The van der Waals surface area contributed by atoms with Crippen LogP contribution in [-0.2, 0) is 0 Å². The molecular formula is C25H33N. The summed E-state index contributed by atoms with van der Waals surface area (Å²) in [6.07, 6.45) is 18.8. The number of pyridine rings is 1. The first-order valence-electron chi connectivity index (χ1n) is 10.8. The van der Waals surface area contributed by atoms with Gasteiger partial charge >= 0.3 is 0 Å². The maximum Gasteiger partial charge on any atom is 0.0343 e. The van der Waals surface area contributed by atoms with Crippen molar-refractivity contribution in [1.29, 1.82) is 0 Å². The number of allylic oxidation sites excluding steroid dienone is 4.